The van der Waals surface area contributed by atoms with E-state index in [1.807, 2.05) is 6.92 Å². The normalized spacial score (nSPS) is 14.0. The number of nitrogens with one attached hydrogen (secondary N) is 1. The molecule has 3 N–H and O–H groups in total. The van der Waals surface area contributed by atoms with E-state index in [-0.39, 0.29) is 19.0 Å². The van der Waals surface area contributed by atoms with Crippen molar-refractivity contribution >= 4 is 37.1 Å². The standard InChI is InChI=1S/C22H36N6O7P/c1-7-8-9-32-21(30)22(5,6)27-36(31)35-16(20(29)34-14(2)3)11-33-15(4)10-28-13-26-17-18(23)24-12-25-19(17)28/h12-16H,7-11H2,1-6H3,(H,27,31)(H2,23,24,25)/q+1. The number of anilines is 1. The molecule has 200 valence electrons. The first kappa shape index (κ1) is 29.5. The number of nitrogen functional groups attached to an aromatic ring is 1. The summed E-state index contributed by atoms with van der Waals surface area (Å²) in [5.74, 6) is -1.05. The van der Waals surface area contributed by atoms with Gasteiger partial charge in [0.25, 0.3) is 0 Å². The number of nitrogens with two attached hydrogens (primary N) is 1. The van der Waals surface area contributed by atoms with Crippen molar-refractivity contribution in [2.75, 3.05) is 18.9 Å². The van der Waals surface area contributed by atoms with E-state index in [4.69, 9.17) is 24.5 Å². The second kappa shape index (κ2) is 13.5. The fraction of sp³-hybridized carbons (Fsp3) is 0.682. The van der Waals surface area contributed by atoms with Crippen LogP contribution in [-0.4, -0.2) is 68.5 Å². The van der Waals surface area contributed by atoms with Gasteiger partial charge in [0.2, 0.25) is 6.10 Å². The van der Waals surface area contributed by atoms with Gasteiger partial charge < -0.3 is 24.5 Å². The Morgan fingerprint density at radius 1 is 1.22 bits per heavy atom. The maximum atomic E-state index is 12.7. The molecule has 0 saturated carbocycles. The van der Waals surface area contributed by atoms with Crippen LogP contribution in [0.25, 0.3) is 11.2 Å². The van der Waals surface area contributed by atoms with Gasteiger partial charge >= 0.3 is 20.1 Å². The number of esters is 2. The predicted octanol–water partition coefficient (Wildman–Crippen LogP) is 2.52. The number of unbranched alkanes of at least 4 members (excludes halogenated alkanes) is 1. The Morgan fingerprint density at radius 3 is 2.61 bits per heavy atom. The lowest BCUT2D eigenvalue weighted by molar-refractivity contribution is -0.159. The highest BCUT2D eigenvalue weighted by Gasteiger charge is 2.42. The van der Waals surface area contributed by atoms with Crippen LogP contribution in [0.2, 0.25) is 0 Å². The molecule has 0 aromatic carbocycles. The van der Waals surface area contributed by atoms with E-state index in [0.717, 1.165) is 12.8 Å². The number of hydrogen-bond donors (Lipinski definition) is 2. The van der Waals surface area contributed by atoms with Crippen molar-refractivity contribution < 1.29 is 32.9 Å². The average Bonchev–Trinajstić information content (AvgIpc) is 3.19. The first-order valence-electron chi connectivity index (χ1n) is 11.8. The zero-order chi connectivity index (χ0) is 26.9. The molecular formula is C22H36N6O7P+. The molecule has 0 radical (unpaired) electrons. The van der Waals surface area contributed by atoms with Crippen molar-refractivity contribution in [3.8, 4) is 0 Å². The lowest BCUT2D eigenvalue weighted by Crippen LogP contribution is -2.45. The predicted molar refractivity (Wildman–Crippen MR) is 132 cm³/mol. The number of imidazole rings is 1. The topological polar surface area (TPSA) is 170 Å². The second-order valence-electron chi connectivity index (χ2n) is 9.04. The lowest BCUT2D eigenvalue weighted by Gasteiger charge is -2.20. The van der Waals surface area contributed by atoms with E-state index in [2.05, 4.69) is 20.0 Å². The second-order valence-corrected chi connectivity index (χ2v) is 9.98. The molecule has 0 amide bonds. The van der Waals surface area contributed by atoms with Crippen molar-refractivity contribution in [2.45, 2.75) is 84.8 Å². The molecule has 0 saturated heterocycles. The van der Waals surface area contributed by atoms with Crippen LogP contribution in [0.3, 0.4) is 0 Å². The van der Waals surface area contributed by atoms with Gasteiger partial charge in [-0.25, -0.2) is 24.5 Å². The Labute approximate surface area is 211 Å². The summed E-state index contributed by atoms with van der Waals surface area (Å²) >= 11 is 0. The molecule has 3 atom stereocenters. The van der Waals surface area contributed by atoms with Crippen LogP contribution in [0.4, 0.5) is 5.82 Å². The molecule has 3 unspecified atom stereocenters. The minimum absolute atomic E-state index is 0.236. The lowest BCUT2D eigenvalue weighted by atomic mass is 10.1. The van der Waals surface area contributed by atoms with Crippen molar-refractivity contribution in [2.24, 2.45) is 0 Å². The third kappa shape index (κ3) is 8.74. The summed E-state index contributed by atoms with van der Waals surface area (Å²) < 4.78 is 36.1. The molecule has 0 spiro atoms. The summed E-state index contributed by atoms with van der Waals surface area (Å²) in [5, 5.41) is 2.58. The number of carbonyl (C=O) groups excluding carboxylic acids is 2. The van der Waals surface area contributed by atoms with Crippen LogP contribution in [0, 0.1) is 0 Å². The van der Waals surface area contributed by atoms with Gasteiger partial charge in [0.05, 0.1) is 38.3 Å². The zero-order valence-electron chi connectivity index (χ0n) is 21.6. The van der Waals surface area contributed by atoms with E-state index >= 15 is 0 Å². The van der Waals surface area contributed by atoms with E-state index in [9.17, 15) is 14.2 Å². The third-order valence-corrected chi connectivity index (χ3v) is 6.05. The summed E-state index contributed by atoms with van der Waals surface area (Å²) in [6, 6.07) is 0. The molecule has 2 heterocycles. The number of hydrogen-bond acceptors (Lipinski definition) is 11. The largest absolute Gasteiger partial charge is 0.615 e. The van der Waals surface area contributed by atoms with E-state index in [1.54, 1.807) is 31.7 Å². The number of ether oxygens (including phenoxy) is 3. The van der Waals surface area contributed by atoms with Crippen LogP contribution < -0.4 is 10.8 Å². The Balaban J connectivity index is 2.00. The van der Waals surface area contributed by atoms with Gasteiger partial charge in [-0.15, -0.1) is 4.52 Å². The van der Waals surface area contributed by atoms with Crippen LogP contribution in [-0.2, 0) is 39.4 Å². The number of aromatic nitrogens is 4. The molecule has 2 rings (SSSR count). The van der Waals surface area contributed by atoms with Gasteiger partial charge in [0.15, 0.2) is 17.0 Å². The molecule has 0 bridgehead atoms. The maximum absolute atomic E-state index is 12.7. The Hall–Kier alpha value is -2.73. The Morgan fingerprint density at radius 2 is 1.94 bits per heavy atom. The van der Waals surface area contributed by atoms with Gasteiger partial charge in [-0.1, -0.05) is 18.4 Å². The summed E-state index contributed by atoms with van der Waals surface area (Å²) in [6.45, 7) is 10.5. The number of rotatable bonds is 15. The van der Waals surface area contributed by atoms with Crippen molar-refractivity contribution in [1.29, 1.82) is 0 Å². The van der Waals surface area contributed by atoms with Gasteiger partial charge in [0.1, 0.15) is 11.8 Å². The number of fused-ring (bicyclic) bond motifs is 1. The van der Waals surface area contributed by atoms with Crippen molar-refractivity contribution in [3.63, 3.8) is 0 Å². The SMILES string of the molecule is CCCCOC(=O)C(C)(C)N[P+](=O)OC(COC(C)Cn1cnc2c(N)ncnc21)C(=O)OC(C)C. The van der Waals surface area contributed by atoms with Crippen molar-refractivity contribution in [3.05, 3.63) is 12.7 Å². The molecule has 0 aliphatic rings. The molecular weight excluding hydrogens is 491 g/mol. The summed E-state index contributed by atoms with van der Waals surface area (Å²) in [7, 11) is -2.64. The zero-order valence-corrected chi connectivity index (χ0v) is 22.5. The Bertz CT molecular complexity index is 1050. The maximum Gasteiger partial charge on any atom is 0.615 e. The number of carbonyl (C=O) groups is 2. The summed E-state index contributed by atoms with van der Waals surface area (Å²) in [4.78, 5) is 37.2. The van der Waals surface area contributed by atoms with E-state index in [1.165, 1.54) is 20.2 Å². The summed E-state index contributed by atoms with van der Waals surface area (Å²) in [5.41, 5.74) is 5.55. The molecule has 2 aromatic rings. The molecule has 36 heavy (non-hydrogen) atoms. The minimum Gasteiger partial charge on any atom is -0.464 e. The average molecular weight is 528 g/mol. The van der Waals surface area contributed by atoms with Gasteiger partial charge in [0, 0.05) is 0 Å². The third-order valence-electron chi connectivity index (χ3n) is 4.87. The van der Waals surface area contributed by atoms with Gasteiger partial charge in [-0.3, -0.25) is 0 Å². The highest BCUT2D eigenvalue weighted by atomic mass is 31.1. The van der Waals surface area contributed by atoms with Crippen LogP contribution in [0.15, 0.2) is 12.7 Å². The van der Waals surface area contributed by atoms with Gasteiger partial charge in [-0.05, 0) is 45.6 Å². The molecule has 0 aliphatic heterocycles. The van der Waals surface area contributed by atoms with E-state index < -0.39 is 44.0 Å². The van der Waals surface area contributed by atoms with Crippen LogP contribution in [0.1, 0.15) is 54.4 Å². The first-order valence-corrected chi connectivity index (χ1v) is 12.9. The molecule has 14 heteroatoms. The fourth-order valence-corrected chi connectivity index (χ4v) is 3.95. The molecule has 13 nitrogen and oxygen atoms in total. The first-order chi connectivity index (χ1) is 16.9. The number of nitrogens with zero attached hydrogens (tertiary/aromatic N) is 4. The smallest absolute Gasteiger partial charge is 0.464 e. The monoisotopic (exact) mass is 527 g/mol. The molecule has 0 fully saturated rings. The van der Waals surface area contributed by atoms with Gasteiger partial charge in [-0.2, -0.15) is 0 Å². The van der Waals surface area contributed by atoms with E-state index in [0.29, 0.717) is 17.7 Å². The highest BCUT2D eigenvalue weighted by molar-refractivity contribution is 7.36. The molecule has 2 aromatic heterocycles. The fourth-order valence-electron chi connectivity index (χ4n) is 2.97. The van der Waals surface area contributed by atoms with Crippen LogP contribution >= 0.6 is 8.18 Å². The quantitative estimate of drug-likeness (QED) is 0.197. The minimum atomic E-state index is -2.64. The summed E-state index contributed by atoms with van der Waals surface area (Å²) in [6.07, 6.45) is 2.38. The molecule has 0 aliphatic carbocycles. The van der Waals surface area contributed by atoms with Crippen LogP contribution in [0.5, 0.6) is 0 Å². The Kier molecular flexibility index (Phi) is 11.1. The van der Waals surface area contributed by atoms with Crippen molar-refractivity contribution in [1.82, 2.24) is 24.6 Å². The highest BCUT2D eigenvalue weighted by Crippen LogP contribution is 2.26.